The Bertz CT molecular complexity index is 1390. The number of carbonyl (C=O) groups is 2. The number of nitro groups is 1. The minimum absolute atomic E-state index is 0.135. The molecule has 1 aliphatic carbocycles. The van der Waals surface area contributed by atoms with Crippen molar-refractivity contribution in [2.24, 2.45) is 17.8 Å². The van der Waals surface area contributed by atoms with Crippen LogP contribution in [0.15, 0.2) is 53.1 Å². The second-order valence-corrected chi connectivity index (χ2v) is 10.9. The van der Waals surface area contributed by atoms with Gasteiger partial charge in [-0.1, -0.05) is 30.2 Å². The summed E-state index contributed by atoms with van der Waals surface area (Å²) in [7, 11) is 0. The van der Waals surface area contributed by atoms with Gasteiger partial charge in [0.1, 0.15) is 5.75 Å². The SMILES string of the molecule is CCC1=C([C@H](O)CC/C(C)=C/c2cc(C)c(O)c(C)c2)[C@H](CO)[C@@H]2C(=O)N(c3cccc([N+](=O)[O-])c3)C(=O)[C@@H]2C1. The van der Waals surface area contributed by atoms with Crippen molar-refractivity contribution < 1.29 is 29.8 Å². The van der Waals surface area contributed by atoms with Crippen LogP contribution in [0.2, 0.25) is 0 Å². The fourth-order valence-corrected chi connectivity index (χ4v) is 6.25. The Morgan fingerprint density at radius 1 is 1.18 bits per heavy atom. The van der Waals surface area contributed by atoms with Crippen molar-refractivity contribution in [1.82, 2.24) is 0 Å². The molecule has 1 saturated heterocycles. The molecule has 4 atom stereocenters. The molecule has 9 heteroatoms. The van der Waals surface area contributed by atoms with Crippen LogP contribution in [-0.4, -0.2) is 44.8 Å². The van der Waals surface area contributed by atoms with Gasteiger partial charge in [0, 0.05) is 18.1 Å². The number of allylic oxidation sites excluding steroid dienone is 2. The Morgan fingerprint density at radius 2 is 1.85 bits per heavy atom. The lowest BCUT2D eigenvalue weighted by atomic mass is 9.67. The van der Waals surface area contributed by atoms with Gasteiger partial charge < -0.3 is 15.3 Å². The van der Waals surface area contributed by atoms with Crippen LogP contribution in [0.4, 0.5) is 11.4 Å². The Balaban J connectivity index is 1.57. The van der Waals surface area contributed by atoms with Gasteiger partial charge in [0.25, 0.3) is 5.69 Å². The summed E-state index contributed by atoms with van der Waals surface area (Å²) in [5.74, 6) is -2.95. The number of hydrogen-bond acceptors (Lipinski definition) is 7. The lowest BCUT2D eigenvalue weighted by Gasteiger charge is -2.36. The largest absolute Gasteiger partial charge is 0.507 e. The number of nitro benzene ring substituents is 1. The van der Waals surface area contributed by atoms with Crippen LogP contribution in [0.3, 0.4) is 0 Å². The van der Waals surface area contributed by atoms with Gasteiger partial charge in [0.05, 0.1) is 35.2 Å². The summed E-state index contributed by atoms with van der Waals surface area (Å²) in [6.45, 7) is 7.18. The summed E-state index contributed by atoms with van der Waals surface area (Å²) in [4.78, 5) is 38.7. The second kappa shape index (κ2) is 11.7. The van der Waals surface area contributed by atoms with Crippen LogP contribution in [-0.2, 0) is 9.59 Å². The molecule has 40 heavy (non-hydrogen) atoms. The maximum Gasteiger partial charge on any atom is 0.271 e. The van der Waals surface area contributed by atoms with Crippen molar-refractivity contribution in [3.8, 4) is 5.75 Å². The minimum atomic E-state index is -0.908. The number of carbonyl (C=O) groups excluding carboxylic acids is 2. The van der Waals surface area contributed by atoms with E-state index in [0.717, 1.165) is 32.7 Å². The number of aryl methyl sites for hydroxylation is 2. The Morgan fingerprint density at radius 3 is 2.45 bits per heavy atom. The van der Waals surface area contributed by atoms with Crippen molar-refractivity contribution in [2.45, 2.75) is 59.5 Å². The zero-order chi connectivity index (χ0) is 29.3. The van der Waals surface area contributed by atoms with Crippen LogP contribution in [0, 0.1) is 41.7 Å². The number of imide groups is 1. The lowest BCUT2D eigenvalue weighted by molar-refractivity contribution is -0.384. The molecule has 1 fully saturated rings. The van der Waals surface area contributed by atoms with E-state index in [2.05, 4.69) is 0 Å². The molecule has 2 amide bonds. The van der Waals surface area contributed by atoms with E-state index in [1.807, 2.05) is 45.9 Å². The molecule has 0 saturated carbocycles. The molecule has 1 heterocycles. The highest BCUT2D eigenvalue weighted by atomic mass is 16.6. The monoisotopic (exact) mass is 548 g/mol. The van der Waals surface area contributed by atoms with Crippen LogP contribution in [0.1, 0.15) is 56.2 Å². The zero-order valence-electron chi connectivity index (χ0n) is 23.3. The summed E-state index contributed by atoms with van der Waals surface area (Å²) >= 11 is 0. The lowest BCUT2D eigenvalue weighted by Crippen LogP contribution is -2.39. The number of aliphatic hydroxyl groups is 2. The zero-order valence-corrected chi connectivity index (χ0v) is 23.3. The van der Waals surface area contributed by atoms with Gasteiger partial charge in [-0.2, -0.15) is 0 Å². The number of aliphatic hydroxyl groups excluding tert-OH is 2. The number of amides is 2. The molecule has 4 rings (SSSR count). The van der Waals surface area contributed by atoms with Crippen molar-refractivity contribution in [1.29, 1.82) is 0 Å². The van der Waals surface area contributed by atoms with Gasteiger partial charge in [-0.3, -0.25) is 19.7 Å². The molecule has 0 aromatic heterocycles. The topological polar surface area (TPSA) is 141 Å². The molecule has 0 spiro atoms. The van der Waals surface area contributed by atoms with E-state index in [1.54, 1.807) is 0 Å². The van der Waals surface area contributed by atoms with Crippen LogP contribution in [0.25, 0.3) is 6.08 Å². The molecule has 3 N–H and O–H groups in total. The number of hydrogen-bond donors (Lipinski definition) is 3. The Labute approximate surface area is 233 Å². The molecule has 0 unspecified atom stereocenters. The first-order valence-corrected chi connectivity index (χ1v) is 13.6. The van der Waals surface area contributed by atoms with Gasteiger partial charge in [0.2, 0.25) is 11.8 Å². The molecule has 1 aliphatic heterocycles. The maximum atomic E-state index is 13.6. The summed E-state index contributed by atoms with van der Waals surface area (Å²) in [6, 6.07) is 9.23. The third-order valence-corrected chi connectivity index (χ3v) is 8.20. The van der Waals surface area contributed by atoms with E-state index in [0.29, 0.717) is 31.3 Å². The summed E-state index contributed by atoms with van der Waals surface area (Å²) in [5, 5.41) is 43.1. The van der Waals surface area contributed by atoms with Gasteiger partial charge >= 0.3 is 0 Å². The standard InChI is InChI=1S/C31H36N2O7/c1-5-21-14-24-28(31(38)32(30(24)37)22-7-6-8-23(15-22)33(39)40)25(16-34)27(21)26(35)10-9-17(2)11-20-12-18(3)29(36)19(4)13-20/h6-8,11-13,15,24-26,28,34-36H,5,9-10,14,16H2,1-4H3/b17-11+/t24-,25+,26-,28-/m1/s1. The molecule has 2 aromatic rings. The third-order valence-electron chi connectivity index (χ3n) is 8.20. The maximum absolute atomic E-state index is 13.6. The number of rotatable bonds is 9. The summed E-state index contributed by atoms with van der Waals surface area (Å²) in [6.07, 6.45) is 2.90. The van der Waals surface area contributed by atoms with E-state index < -0.39 is 47.2 Å². The van der Waals surface area contributed by atoms with E-state index in [-0.39, 0.29) is 17.1 Å². The van der Waals surface area contributed by atoms with Crippen molar-refractivity contribution in [2.75, 3.05) is 11.5 Å². The molecular weight excluding hydrogens is 512 g/mol. The second-order valence-electron chi connectivity index (χ2n) is 10.9. The first-order valence-electron chi connectivity index (χ1n) is 13.6. The van der Waals surface area contributed by atoms with Gasteiger partial charge in [0.15, 0.2) is 0 Å². The van der Waals surface area contributed by atoms with Crippen LogP contribution >= 0.6 is 0 Å². The fourth-order valence-electron chi connectivity index (χ4n) is 6.25. The predicted molar refractivity (Wildman–Crippen MR) is 152 cm³/mol. The average Bonchev–Trinajstić information content (AvgIpc) is 3.18. The summed E-state index contributed by atoms with van der Waals surface area (Å²) in [5.41, 5.74) is 4.95. The smallest absolute Gasteiger partial charge is 0.271 e. The average molecular weight is 549 g/mol. The normalized spacial score (nSPS) is 22.1. The molecule has 2 aromatic carbocycles. The number of anilines is 1. The fraction of sp³-hybridized carbons (Fsp3) is 0.419. The summed E-state index contributed by atoms with van der Waals surface area (Å²) < 4.78 is 0. The van der Waals surface area contributed by atoms with E-state index in [4.69, 9.17) is 0 Å². The van der Waals surface area contributed by atoms with E-state index in [9.17, 15) is 35.0 Å². The molecule has 212 valence electrons. The number of non-ortho nitro benzene ring substituents is 1. The van der Waals surface area contributed by atoms with Gasteiger partial charge in [-0.05, 0) is 86.9 Å². The highest BCUT2D eigenvalue weighted by Gasteiger charge is 2.55. The number of phenols is 1. The quantitative estimate of drug-likeness (QED) is 0.174. The van der Waals surface area contributed by atoms with Gasteiger partial charge in [-0.15, -0.1) is 0 Å². The highest BCUT2D eigenvalue weighted by Crippen LogP contribution is 2.48. The third kappa shape index (κ3) is 5.44. The molecule has 2 aliphatic rings. The Kier molecular flexibility index (Phi) is 8.56. The minimum Gasteiger partial charge on any atom is -0.507 e. The first-order chi connectivity index (χ1) is 19.0. The number of fused-ring (bicyclic) bond motifs is 1. The van der Waals surface area contributed by atoms with Crippen LogP contribution < -0.4 is 4.90 Å². The van der Waals surface area contributed by atoms with Crippen LogP contribution in [0.5, 0.6) is 5.75 Å². The predicted octanol–water partition coefficient (Wildman–Crippen LogP) is 4.99. The van der Waals surface area contributed by atoms with Crippen molar-refractivity contribution in [3.05, 3.63) is 79.9 Å². The molecule has 0 bridgehead atoms. The molecule has 0 radical (unpaired) electrons. The van der Waals surface area contributed by atoms with Crippen molar-refractivity contribution in [3.63, 3.8) is 0 Å². The number of phenolic OH excluding ortho intramolecular Hbond substituents is 1. The molecule has 9 nitrogen and oxygen atoms in total. The van der Waals surface area contributed by atoms with E-state index >= 15 is 0 Å². The number of benzene rings is 2. The molecular formula is C31H36N2O7. The van der Waals surface area contributed by atoms with Gasteiger partial charge in [-0.25, -0.2) is 4.90 Å². The highest BCUT2D eigenvalue weighted by molar-refractivity contribution is 6.22. The Hall–Kier alpha value is -3.82. The number of nitrogens with zero attached hydrogens (tertiary/aromatic N) is 2. The van der Waals surface area contributed by atoms with Crippen molar-refractivity contribution >= 4 is 29.3 Å². The first kappa shape index (κ1) is 29.2. The van der Waals surface area contributed by atoms with E-state index in [1.165, 1.54) is 24.3 Å². The number of aromatic hydroxyl groups is 1.